The minimum atomic E-state index is -4.50. The van der Waals surface area contributed by atoms with Gasteiger partial charge >= 0.3 is 6.18 Å². The van der Waals surface area contributed by atoms with Crippen LogP contribution in [0.5, 0.6) is 5.75 Å². The van der Waals surface area contributed by atoms with E-state index in [1.54, 1.807) is 14.2 Å². The molecule has 2 aromatic carbocycles. The predicted octanol–water partition coefficient (Wildman–Crippen LogP) is 5.02. The number of carbonyl (C=O) groups is 1. The lowest BCUT2D eigenvalue weighted by molar-refractivity contribution is -0.141. The smallest absolute Gasteiger partial charge is 0.433 e. The first-order valence-corrected chi connectivity index (χ1v) is 10.9. The molecule has 5 nitrogen and oxygen atoms in total. The third kappa shape index (κ3) is 6.14. The highest BCUT2D eigenvalue weighted by Gasteiger charge is 2.32. The highest BCUT2D eigenvalue weighted by molar-refractivity contribution is 5.82. The third-order valence-corrected chi connectivity index (χ3v) is 5.74. The summed E-state index contributed by atoms with van der Waals surface area (Å²) in [6.45, 7) is 2.36. The van der Waals surface area contributed by atoms with Crippen molar-refractivity contribution in [3.05, 3.63) is 94.8 Å². The molecule has 1 aromatic heterocycles. The molecule has 0 unspecified atom stereocenters. The molecule has 0 aliphatic carbocycles. The van der Waals surface area contributed by atoms with E-state index in [1.165, 1.54) is 12.3 Å². The van der Waals surface area contributed by atoms with Crippen molar-refractivity contribution in [2.45, 2.75) is 31.5 Å². The summed E-state index contributed by atoms with van der Waals surface area (Å²) in [6.07, 6.45) is -2.70. The standard InChI is InChI=1S/C26H28F3N3O2/c1-17-9-10-19(15-22(17)34-3)21(20-11-12-23(32-16-20)26(27,28)29)13-14-31-24(25(33)30-2)18-7-5-4-6-8-18/h4-12,15-16,21,24,31H,13-14H2,1-3H3,(H,30,33)/t21-,24-/m1/s1. The summed E-state index contributed by atoms with van der Waals surface area (Å²) in [5.74, 6) is 0.275. The maximum atomic E-state index is 13.0. The van der Waals surface area contributed by atoms with Gasteiger partial charge in [0.25, 0.3) is 0 Å². The van der Waals surface area contributed by atoms with E-state index < -0.39 is 17.9 Å². The van der Waals surface area contributed by atoms with E-state index in [-0.39, 0.29) is 11.8 Å². The van der Waals surface area contributed by atoms with Crippen LogP contribution in [0.15, 0.2) is 66.9 Å². The van der Waals surface area contributed by atoms with Gasteiger partial charge in [0, 0.05) is 19.2 Å². The van der Waals surface area contributed by atoms with Gasteiger partial charge in [-0.25, -0.2) is 0 Å². The van der Waals surface area contributed by atoms with Crippen LogP contribution in [-0.2, 0) is 11.0 Å². The van der Waals surface area contributed by atoms with Crippen molar-refractivity contribution in [1.82, 2.24) is 15.6 Å². The number of nitrogens with zero attached hydrogens (tertiary/aromatic N) is 1. The van der Waals surface area contributed by atoms with Crippen molar-refractivity contribution in [3.8, 4) is 5.75 Å². The SMILES string of the molecule is CNC(=O)[C@H](NCC[C@@H](c1ccc(C(F)(F)F)nc1)c1ccc(C)c(OC)c1)c1ccccc1. The molecule has 3 rings (SSSR count). The normalized spacial score (nSPS) is 13.2. The van der Waals surface area contributed by atoms with Gasteiger partial charge in [0.1, 0.15) is 17.5 Å². The number of aromatic nitrogens is 1. The van der Waals surface area contributed by atoms with Gasteiger partial charge in [-0.1, -0.05) is 48.5 Å². The van der Waals surface area contributed by atoms with Gasteiger partial charge in [-0.05, 0) is 54.3 Å². The number of carbonyl (C=O) groups excluding carboxylic acids is 1. The van der Waals surface area contributed by atoms with Gasteiger partial charge in [-0.3, -0.25) is 9.78 Å². The number of rotatable bonds is 9. The molecule has 1 heterocycles. The van der Waals surface area contributed by atoms with Gasteiger partial charge in [0.15, 0.2) is 0 Å². The number of hydrogen-bond donors (Lipinski definition) is 2. The number of halogens is 3. The summed E-state index contributed by atoms with van der Waals surface area (Å²) in [6, 6.07) is 17.0. The molecule has 1 amide bonds. The summed E-state index contributed by atoms with van der Waals surface area (Å²) in [5.41, 5.74) is 2.39. The second-order valence-electron chi connectivity index (χ2n) is 7.96. The van der Waals surface area contributed by atoms with Crippen molar-refractivity contribution in [2.75, 3.05) is 20.7 Å². The van der Waals surface area contributed by atoms with Crippen molar-refractivity contribution in [2.24, 2.45) is 0 Å². The number of aryl methyl sites for hydroxylation is 1. The fraction of sp³-hybridized carbons (Fsp3) is 0.308. The monoisotopic (exact) mass is 471 g/mol. The fourth-order valence-corrected chi connectivity index (χ4v) is 3.88. The molecule has 0 radical (unpaired) electrons. The summed E-state index contributed by atoms with van der Waals surface area (Å²) >= 11 is 0. The molecular formula is C26H28F3N3O2. The van der Waals surface area contributed by atoms with Crippen molar-refractivity contribution < 1.29 is 22.7 Å². The Morgan fingerprint density at radius 1 is 1.03 bits per heavy atom. The van der Waals surface area contributed by atoms with E-state index in [0.29, 0.717) is 24.3 Å². The Balaban J connectivity index is 1.87. The number of likely N-dealkylation sites (N-methyl/N-ethyl adjacent to an activating group) is 1. The van der Waals surface area contributed by atoms with Crippen LogP contribution in [0.4, 0.5) is 13.2 Å². The molecule has 2 N–H and O–H groups in total. The quantitative estimate of drug-likeness (QED) is 0.460. The zero-order valence-electron chi connectivity index (χ0n) is 19.3. The Kier molecular flexibility index (Phi) is 8.28. The first-order valence-electron chi connectivity index (χ1n) is 10.9. The van der Waals surface area contributed by atoms with Crippen LogP contribution in [0.1, 0.15) is 46.3 Å². The van der Waals surface area contributed by atoms with Crippen LogP contribution >= 0.6 is 0 Å². The maximum Gasteiger partial charge on any atom is 0.433 e. The van der Waals surface area contributed by atoms with Crippen LogP contribution in [0.25, 0.3) is 0 Å². The van der Waals surface area contributed by atoms with Gasteiger partial charge in [0.2, 0.25) is 5.91 Å². The molecule has 0 aliphatic heterocycles. The number of nitrogens with one attached hydrogen (secondary N) is 2. The Morgan fingerprint density at radius 3 is 2.32 bits per heavy atom. The van der Waals surface area contributed by atoms with Gasteiger partial charge in [-0.15, -0.1) is 0 Å². The summed E-state index contributed by atoms with van der Waals surface area (Å²) in [7, 11) is 3.16. The average molecular weight is 472 g/mol. The minimum absolute atomic E-state index is 0.170. The average Bonchev–Trinajstić information content (AvgIpc) is 2.84. The zero-order chi connectivity index (χ0) is 24.7. The predicted molar refractivity (Wildman–Crippen MR) is 125 cm³/mol. The number of pyridine rings is 1. The lowest BCUT2D eigenvalue weighted by Crippen LogP contribution is -2.36. The van der Waals surface area contributed by atoms with Crippen molar-refractivity contribution in [1.29, 1.82) is 0 Å². The lowest BCUT2D eigenvalue weighted by atomic mass is 9.88. The molecule has 0 bridgehead atoms. The number of benzene rings is 2. The highest BCUT2D eigenvalue weighted by atomic mass is 19.4. The van der Waals surface area contributed by atoms with Crippen LogP contribution < -0.4 is 15.4 Å². The molecular weight excluding hydrogens is 443 g/mol. The van der Waals surface area contributed by atoms with Crippen molar-refractivity contribution in [3.63, 3.8) is 0 Å². The number of methoxy groups -OCH3 is 1. The Labute approximate surface area is 197 Å². The Bertz CT molecular complexity index is 1090. The van der Waals surface area contributed by atoms with Gasteiger partial charge in [0.05, 0.1) is 7.11 Å². The van der Waals surface area contributed by atoms with E-state index in [2.05, 4.69) is 15.6 Å². The maximum absolute atomic E-state index is 13.0. The second-order valence-corrected chi connectivity index (χ2v) is 7.96. The molecule has 0 saturated carbocycles. The molecule has 34 heavy (non-hydrogen) atoms. The number of ether oxygens (including phenoxy) is 1. The molecule has 3 aromatic rings. The summed E-state index contributed by atoms with van der Waals surface area (Å²) in [5, 5.41) is 5.96. The molecule has 8 heteroatoms. The first kappa shape index (κ1) is 25.2. The van der Waals surface area contributed by atoms with Crippen LogP contribution in [0.3, 0.4) is 0 Å². The number of amides is 1. The van der Waals surface area contributed by atoms with Crippen LogP contribution in [-0.4, -0.2) is 31.6 Å². The van der Waals surface area contributed by atoms with E-state index in [4.69, 9.17) is 4.74 Å². The molecule has 0 spiro atoms. The largest absolute Gasteiger partial charge is 0.496 e. The van der Waals surface area contributed by atoms with E-state index in [1.807, 2.05) is 55.5 Å². The second kappa shape index (κ2) is 11.2. The Morgan fingerprint density at radius 2 is 1.74 bits per heavy atom. The highest BCUT2D eigenvalue weighted by Crippen LogP contribution is 2.33. The number of hydrogen-bond acceptors (Lipinski definition) is 4. The summed E-state index contributed by atoms with van der Waals surface area (Å²) < 4.78 is 44.5. The van der Waals surface area contributed by atoms with Crippen LogP contribution in [0, 0.1) is 6.92 Å². The van der Waals surface area contributed by atoms with Gasteiger partial charge in [-0.2, -0.15) is 13.2 Å². The van der Waals surface area contributed by atoms with Gasteiger partial charge < -0.3 is 15.4 Å². The summed E-state index contributed by atoms with van der Waals surface area (Å²) in [4.78, 5) is 16.1. The van der Waals surface area contributed by atoms with E-state index >= 15 is 0 Å². The van der Waals surface area contributed by atoms with Crippen LogP contribution in [0.2, 0.25) is 0 Å². The molecule has 0 saturated heterocycles. The fourth-order valence-electron chi connectivity index (χ4n) is 3.88. The number of alkyl halides is 3. The Hall–Kier alpha value is -3.39. The third-order valence-electron chi connectivity index (χ3n) is 5.74. The molecule has 0 aliphatic rings. The zero-order valence-corrected chi connectivity index (χ0v) is 19.3. The lowest BCUT2D eigenvalue weighted by Gasteiger charge is -2.22. The first-order chi connectivity index (χ1) is 16.2. The topological polar surface area (TPSA) is 63.2 Å². The molecule has 2 atom stereocenters. The van der Waals surface area contributed by atoms with E-state index in [9.17, 15) is 18.0 Å². The molecule has 180 valence electrons. The minimum Gasteiger partial charge on any atom is -0.496 e. The van der Waals surface area contributed by atoms with Crippen molar-refractivity contribution >= 4 is 5.91 Å². The van der Waals surface area contributed by atoms with E-state index in [0.717, 1.165) is 22.8 Å². The molecule has 0 fully saturated rings.